The van der Waals surface area contributed by atoms with Gasteiger partial charge in [0.25, 0.3) is 0 Å². The predicted molar refractivity (Wildman–Crippen MR) is 65.7 cm³/mol. The molecule has 1 aliphatic rings. The van der Waals surface area contributed by atoms with E-state index in [1.807, 2.05) is 0 Å². The van der Waals surface area contributed by atoms with Crippen LogP contribution < -0.4 is 9.47 Å². The van der Waals surface area contributed by atoms with Gasteiger partial charge < -0.3 is 9.47 Å². The molecule has 0 saturated heterocycles. The van der Waals surface area contributed by atoms with Crippen LogP contribution in [0.25, 0.3) is 11.3 Å². The molecule has 0 saturated carbocycles. The molecule has 0 bridgehead atoms. The van der Waals surface area contributed by atoms with Gasteiger partial charge in [-0.2, -0.15) is 0 Å². The summed E-state index contributed by atoms with van der Waals surface area (Å²) in [5.74, 6) is -0.254. The summed E-state index contributed by atoms with van der Waals surface area (Å²) in [6.45, 7) is 0. The Morgan fingerprint density at radius 3 is 2.48 bits per heavy atom. The third-order valence-electron chi connectivity index (χ3n) is 2.85. The number of hydrogen-bond donors (Lipinski definition) is 0. The zero-order chi connectivity index (χ0) is 15.0. The van der Waals surface area contributed by atoms with Gasteiger partial charge in [-0.15, -0.1) is 13.2 Å². The number of halogens is 3. The van der Waals surface area contributed by atoms with Gasteiger partial charge in [0.15, 0.2) is 5.75 Å². The highest BCUT2D eigenvalue weighted by atomic mass is 19.4. The number of carbonyl (C=O) groups is 1. The monoisotopic (exact) mass is 295 g/mol. The maximum Gasteiger partial charge on any atom is 0.573 e. The van der Waals surface area contributed by atoms with Crippen LogP contribution in [0.1, 0.15) is 5.69 Å². The Kier molecular flexibility index (Phi) is 3.04. The van der Waals surface area contributed by atoms with Gasteiger partial charge in [0.05, 0.1) is 17.8 Å². The van der Waals surface area contributed by atoms with Gasteiger partial charge in [-0.25, -0.2) is 4.98 Å². The number of aromatic nitrogens is 1. The summed E-state index contributed by atoms with van der Waals surface area (Å²) in [5.41, 5.74) is 1.69. The molecule has 1 aromatic heterocycles. The normalized spacial score (nSPS) is 13.8. The topological polar surface area (TPSA) is 48.4 Å². The number of carbonyl (C=O) groups excluding carboxylic acids is 1. The fraction of sp³-hybridized carbons (Fsp3) is 0.143. The van der Waals surface area contributed by atoms with Crippen LogP contribution in [-0.2, 0) is 11.2 Å². The fourth-order valence-electron chi connectivity index (χ4n) is 1.99. The molecule has 7 heteroatoms. The first-order valence-corrected chi connectivity index (χ1v) is 5.97. The Bertz CT molecular complexity index is 696. The van der Waals surface area contributed by atoms with Crippen LogP contribution in [0.15, 0.2) is 36.4 Å². The number of hydrogen-bond acceptors (Lipinski definition) is 4. The molecule has 0 unspecified atom stereocenters. The maximum absolute atomic E-state index is 12.1. The molecule has 0 fully saturated rings. The van der Waals surface area contributed by atoms with Crippen molar-refractivity contribution < 1.29 is 27.4 Å². The number of rotatable bonds is 2. The van der Waals surface area contributed by atoms with Crippen molar-refractivity contribution in [2.75, 3.05) is 0 Å². The van der Waals surface area contributed by atoms with Crippen molar-refractivity contribution in [2.45, 2.75) is 12.8 Å². The number of fused-ring (bicyclic) bond motifs is 1. The second kappa shape index (κ2) is 4.76. The van der Waals surface area contributed by atoms with Gasteiger partial charge in [0.1, 0.15) is 5.75 Å². The van der Waals surface area contributed by atoms with Crippen molar-refractivity contribution >= 4 is 5.97 Å². The van der Waals surface area contributed by atoms with Gasteiger partial charge in [-0.1, -0.05) is 0 Å². The number of alkyl halides is 3. The molecule has 0 radical (unpaired) electrons. The lowest BCUT2D eigenvalue weighted by Crippen LogP contribution is -2.16. The average Bonchev–Trinajstić information content (AvgIpc) is 2.76. The minimum absolute atomic E-state index is 0.0957. The summed E-state index contributed by atoms with van der Waals surface area (Å²) in [6, 6.07) is 8.60. The van der Waals surface area contributed by atoms with E-state index in [9.17, 15) is 18.0 Å². The zero-order valence-electron chi connectivity index (χ0n) is 10.5. The van der Waals surface area contributed by atoms with Crippen molar-refractivity contribution in [3.63, 3.8) is 0 Å². The highest BCUT2D eigenvalue weighted by Gasteiger charge is 2.31. The molecule has 0 atom stereocenters. The van der Waals surface area contributed by atoms with Gasteiger partial charge in [0.2, 0.25) is 0 Å². The Hall–Kier alpha value is -2.57. The SMILES string of the molecule is O=C1Cc2nc(-c3ccc(OC(F)(F)F)cc3)ccc2O1. The second-order valence-electron chi connectivity index (χ2n) is 4.36. The Morgan fingerprint density at radius 2 is 1.81 bits per heavy atom. The highest BCUT2D eigenvalue weighted by Crippen LogP contribution is 2.29. The van der Waals surface area contributed by atoms with E-state index in [2.05, 4.69) is 9.72 Å². The van der Waals surface area contributed by atoms with Crippen LogP contribution in [0.3, 0.4) is 0 Å². The van der Waals surface area contributed by atoms with E-state index in [1.54, 1.807) is 12.1 Å². The number of ether oxygens (including phenoxy) is 2. The molecule has 2 aromatic rings. The molecule has 1 aliphatic heterocycles. The molecule has 4 nitrogen and oxygen atoms in total. The minimum Gasteiger partial charge on any atom is -0.424 e. The summed E-state index contributed by atoms with van der Waals surface area (Å²) < 4.78 is 44.9. The molecule has 0 N–H and O–H groups in total. The first-order chi connectivity index (χ1) is 9.90. The van der Waals surface area contributed by atoms with Crippen molar-refractivity contribution in [2.24, 2.45) is 0 Å². The number of pyridine rings is 1. The van der Waals surface area contributed by atoms with E-state index < -0.39 is 6.36 Å². The molecule has 0 spiro atoms. The molecule has 0 aliphatic carbocycles. The van der Waals surface area contributed by atoms with E-state index in [0.29, 0.717) is 22.7 Å². The first-order valence-electron chi connectivity index (χ1n) is 5.97. The molecule has 21 heavy (non-hydrogen) atoms. The third kappa shape index (κ3) is 2.96. The Balaban J connectivity index is 1.85. The Labute approximate surface area is 117 Å². The standard InChI is InChI=1S/C14H8F3NO3/c15-14(16,17)21-9-3-1-8(2-4-9)10-5-6-12-11(18-10)7-13(19)20-12/h1-6H,7H2. The molecule has 0 amide bonds. The summed E-state index contributed by atoms with van der Waals surface area (Å²) in [7, 11) is 0. The van der Waals surface area contributed by atoms with Crippen LogP contribution in [0.5, 0.6) is 11.5 Å². The fourth-order valence-corrected chi connectivity index (χ4v) is 1.99. The smallest absolute Gasteiger partial charge is 0.424 e. The average molecular weight is 295 g/mol. The van der Waals surface area contributed by atoms with Gasteiger partial charge in [-0.3, -0.25) is 4.79 Å². The predicted octanol–water partition coefficient (Wildman–Crippen LogP) is 3.11. The maximum atomic E-state index is 12.1. The molecule has 108 valence electrons. The number of esters is 1. The quantitative estimate of drug-likeness (QED) is 0.799. The van der Waals surface area contributed by atoms with Crippen LogP contribution >= 0.6 is 0 Å². The molecular formula is C14H8F3NO3. The van der Waals surface area contributed by atoms with Crippen LogP contribution in [0, 0.1) is 0 Å². The lowest BCUT2D eigenvalue weighted by atomic mass is 10.1. The Morgan fingerprint density at radius 1 is 1.10 bits per heavy atom. The van der Waals surface area contributed by atoms with E-state index in [1.165, 1.54) is 24.3 Å². The third-order valence-corrected chi connectivity index (χ3v) is 2.85. The molecular weight excluding hydrogens is 287 g/mol. The van der Waals surface area contributed by atoms with Gasteiger partial charge >= 0.3 is 12.3 Å². The summed E-state index contributed by atoms with van der Waals surface area (Å²) in [6.07, 6.45) is -4.62. The van der Waals surface area contributed by atoms with E-state index >= 15 is 0 Å². The van der Waals surface area contributed by atoms with E-state index in [0.717, 1.165) is 0 Å². The van der Waals surface area contributed by atoms with Crippen molar-refractivity contribution in [3.8, 4) is 22.8 Å². The summed E-state index contributed by atoms with van der Waals surface area (Å²) in [4.78, 5) is 15.4. The summed E-state index contributed by atoms with van der Waals surface area (Å²) in [5, 5.41) is 0. The van der Waals surface area contributed by atoms with Crippen LogP contribution in [0.4, 0.5) is 13.2 Å². The van der Waals surface area contributed by atoms with Crippen LogP contribution in [0.2, 0.25) is 0 Å². The highest BCUT2D eigenvalue weighted by molar-refractivity contribution is 5.80. The van der Waals surface area contributed by atoms with E-state index in [4.69, 9.17) is 4.74 Å². The largest absolute Gasteiger partial charge is 0.573 e. The minimum atomic E-state index is -4.72. The zero-order valence-corrected chi connectivity index (χ0v) is 10.5. The van der Waals surface area contributed by atoms with Crippen molar-refractivity contribution in [1.29, 1.82) is 0 Å². The van der Waals surface area contributed by atoms with Crippen molar-refractivity contribution in [1.82, 2.24) is 4.98 Å². The summed E-state index contributed by atoms with van der Waals surface area (Å²) >= 11 is 0. The van der Waals surface area contributed by atoms with Gasteiger partial charge in [0, 0.05) is 5.56 Å². The van der Waals surface area contributed by atoms with E-state index in [-0.39, 0.29) is 18.1 Å². The first kappa shape index (κ1) is 13.4. The molecule has 1 aromatic carbocycles. The van der Waals surface area contributed by atoms with Gasteiger partial charge in [-0.05, 0) is 36.4 Å². The number of benzene rings is 1. The van der Waals surface area contributed by atoms with Crippen molar-refractivity contribution in [3.05, 3.63) is 42.1 Å². The number of nitrogens with zero attached hydrogens (tertiary/aromatic N) is 1. The lowest BCUT2D eigenvalue weighted by molar-refractivity contribution is -0.274. The second-order valence-corrected chi connectivity index (χ2v) is 4.36. The molecule has 3 rings (SSSR count). The molecule has 2 heterocycles. The van der Waals surface area contributed by atoms with Crippen LogP contribution in [-0.4, -0.2) is 17.3 Å². The lowest BCUT2D eigenvalue weighted by Gasteiger charge is -2.09.